The van der Waals surface area contributed by atoms with Crippen molar-refractivity contribution in [1.29, 1.82) is 0 Å². The highest BCUT2D eigenvalue weighted by atomic mass is 32.1. The number of carbonyl (C=O) groups is 1. The van der Waals surface area contributed by atoms with Crippen LogP contribution in [0.1, 0.15) is 11.1 Å². The van der Waals surface area contributed by atoms with Gasteiger partial charge in [-0.05, 0) is 35.9 Å². The van der Waals surface area contributed by atoms with E-state index in [2.05, 4.69) is 4.90 Å². The topological polar surface area (TPSA) is 38.8 Å². The molecule has 2 aromatic carbocycles. The quantitative estimate of drug-likeness (QED) is 0.365. The Balaban J connectivity index is 1.57. The second-order valence-electron chi connectivity index (χ2n) is 5.59. The van der Waals surface area contributed by atoms with E-state index in [0.29, 0.717) is 19.0 Å². The van der Waals surface area contributed by atoms with Gasteiger partial charge >= 0.3 is 5.97 Å². The highest BCUT2D eigenvalue weighted by Crippen LogP contribution is 2.16. The van der Waals surface area contributed by atoms with Gasteiger partial charge in [0.25, 0.3) is 0 Å². The fraction of sp³-hybridized carbons (Fsp3) is 0.200. The molecular weight excluding hydrogens is 334 g/mol. The number of ether oxygens (including phenoxy) is 2. The van der Waals surface area contributed by atoms with Gasteiger partial charge in [-0.2, -0.15) is 0 Å². The van der Waals surface area contributed by atoms with E-state index in [9.17, 15) is 4.79 Å². The van der Waals surface area contributed by atoms with Crippen molar-refractivity contribution in [3.63, 3.8) is 0 Å². The lowest BCUT2D eigenvalue weighted by Crippen LogP contribution is -2.40. The Labute approximate surface area is 152 Å². The molecule has 5 heteroatoms. The smallest absolute Gasteiger partial charge is 0.336 e. The third-order valence-corrected chi connectivity index (χ3v) is 4.32. The van der Waals surface area contributed by atoms with Crippen molar-refractivity contribution in [1.82, 2.24) is 4.90 Å². The summed E-state index contributed by atoms with van der Waals surface area (Å²) < 4.78 is 10.7. The zero-order chi connectivity index (χ0) is 17.5. The maximum Gasteiger partial charge on any atom is 0.336 e. The van der Waals surface area contributed by atoms with Gasteiger partial charge in [0.2, 0.25) is 0 Å². The predicted molar refractivity (Wildman–Crippen MR) is 102 cm³/mol. The van der Waals surface area contributed by atoms with Gasteiger partial charge < -0.3 is 14.4 Å². The van der Waals surface area contributed by atoms with Gasteiger partial charge in [-0.3, -0.25) is 0 Å². The number of esters is 1. The van der Waals surface area contributed by atoms with E-state index >= 15 is 0 Å². The van der Waals surface area contributed by atoms with Crippen LogP contribution in [-0.4, -0.2) is 42.2 Å². The summed E-state index contributed by atoms with van der Waals surface area (Å²) in [6, 6.07) is 16.9. The zero-order valence-corrected chi connectivity index (χ0v) is 14.6. The molecule has 1 saturated heterocycles. The van der Waals surface area contributed by atoms with Crippen LogP contribution < -0.4 is 4.74 Å². The van der Waals surface area contributed by atoms with E-state index in [4.69, 9.17) is 21.7 Å². The summed E-state index contributed by atoms with van der Waals surface area (Å²) in [6.07, 6.45) is 3.14. The van der Waals surface area contributed by atoms with E-state index in [0.717, 1.165) is 29.2 Å². The molecule has 0 N–H and O–H groups in total. The summed E-state index contributed by atoms with van der Waals surface area (Å²) in [7, 11) is 0. The van der Waals surface area contributed by atoms with Crippen LogP contribution in [-0.2, 0) is 9.53 Å². The molecule has 2 aromatic rings. The van der Waals surface area contributed by atoms with E-state index in [1.165, 1.54) is 6.08 Å². The van der Waals surface area contributed by atoms with Crippen LogP contribution in [0.4, 0.5) is 0 Å². The molecule has 0 atom stereocenters. The zero-order valence-electron chi connectivity index (χ0n) is 13.8. The molecule has 0 unspecified atom stereocenters. The molecule has 0 radical (unpaired) electrons. The average molecular weight is 353 g/mol. The highest BCUT2D eigenvalue weighted by Gasteiger charge is 2.15. The number of carbonyl (C=O) groups excluding carboxylic acids is 1. The molecule has 0 amide bonds. The Bertz CT molecular complexity index is 750. The lowest BCUT2D eigenvalue weighted by atomic mass is 10.2. The Morgan fingerprint density at radius 2 is 1.72 bits per heavy atom. The molecule has 1 aliphatic heterocycles. The lowest BCUT2D eigenvalue weighted by Gasteiger charge is -2.29. The van der Waals surface area contributed by atoms with Crippen molar-refractivity contribution in [3.8, 4) is 5.75 Å². The van der Waals surface area contributed by atoms with Gasteiger partial charge in [-0.25, -0.2) is 4.79 Å². The van der Waals surface area contributed by atoms with Crippen LogP contribution in [0.2, 0.25) is 0 Å². The van der Waals surface area contributed by atoms with E-state index in [-0.39, 0.29) is 0 Å². The first-order valence-electron chi connectivity index (χ1n) is 8.14. The van der Waals surface area contributed by atoms with Crippen LogP contribution >= 0.6 is 12.2 Å². The largest absolute Gasteiger partial charge is 0.423 e. The first-order valence-corrected chi connectivity index (χ1v) is 8.55. The molecule has 1 fully saturated rings. The first kappa shape index (κ1) is 17.3. The van der Waals surface area contributed by atoms with Gasteiger partial charge in [0.15, 0.2) is 0 Å². The van der Waals surface area contributed by atoms with Crippen LogP contribution in [0.15, 0.2) is 60.7 Å². The van der Waals surface area contributed by atoms with E-state index in [1.54, 1.807) is 18.2 Å². The van der Waals surface area contributed by atoms with Crippen molar-refractivity contribution in [2.75, 3.05) is 26.3 Å². The number of hydrogen-bond acceptors (Lipinski definition) is 4. The van der Waals surface area contributed by atoms with E-state index in [1.807, 2.05) is 42.5 Å². The lowest BCUT2D eigenvalue weighted by molar-refractivity contribution is -0.128. The molecule has 3 rings (SSSR count). The molecule has 0 spiro atoms. The minimum Gasteiger partial charge on any atom is -0.423 e. The summed E-state index contributed by atoms with van der Waals surface area (Å²) in [5.41, 5.74) is 1.89. The Morgan fingerprint density at radius 3 is 2.40 bits per heavy atom. The van der Waals surface area contributed by atoms with Gasteiger partial charge in [-0.15, -0.1) is 0 Å². The van der Waals surface area contributed by atoms with Gasteiger partial charge in [0, 0.05) is 24.7 Å². The molecule has 0 aliphatic carbocycles. The predicted octanol–water partition coefficient (Wildman–Crippen LogP) is 3.31. The van der Waals surface area contributed by atoms with Crippen molar-refractivity contribution in [2.45, 2.75) is 0 Å². The minimum atomic E-state index is -0.410. The third kappa shape index (κ3) is 4.98. The number of morpholine rings is 1. The number of thiocarbonyl (C=S) groups is 1. The fourth-order valence-corrected chi connectivity index (χ4v) is 2.81. The van der Waals surface area contributed by atoms with Crippen LogP contribution in [0.5, 0.6) is 5.75 Å². The average Bonchev–Trinajstić information content (AvgIpc) is 2.68. The van der Waals surface area contributed by atoms with Crippen LogP contribution in [0, 0.1) is 0 Å². The molecule has 0 saturated carbocycles. The Morgan fingerprint density at radius 1 is 1.04 bits per heavy atom. The summed E-state index contributed by atoms with van der Waals surface area (Å²) in [6.45, 7) is 3.01. The van der Waals surface area contributed by atoms with Crippen LogP contribution in [0.25, 0.3) is 6.08 Å². The van der Waals surface area contributed by atoms with Gasteiger partial charge in [0.1, 0.15) is 10.7 Å². The Kier molecular flexibility index (Phi) is 5.93. The molecule has 4 nitrogen and oxygen atoms in total. The monoisotopic (exact) mass is 353 g/mol. The maximum absolute atomic E-state index is 11.9. The summed E-state index contributed by atoms with van der Waals surface area (Å²) >= 11 is 5.52. The molecule has 0 bridgehead atoms. The molecule has 25 heavy (non-hydrogen) atoms. The summed E-state index contributed by atoms with van der Waals surface area (Å²) in [5, 5.41) is 0. The number of rotatable bonds is 4. The minimum absolute atomic E-state index is 0.410. The SMILES string of the molecule is O=C(/C=C/c1ccccc1)Oc1ccc(C(=S)N2CCOCC2)cc1. The fourth-order valence-electron chi connectivity index (χ4n) is 2.49. The molecule has 128 valence electrons. The van der Waals surface area contributed by atoms with Crippen molar-refractivity contribution >= 4 is 29.3 Å². The van der Waals surface area contributed by atoms with Crippen LogP contribution in [0.3, 0.4) is 0 Å². The normalized spacial score (nSPS) is 14.5. The number of benzene rings is 2. The molecular formula is C20H19NO3S. The van der Waals surface area contributed by atoms with Crippen molar-refractivity contribution in [2.24, 2.45) is 0 Å². The maximum atomic E-state index is 11.9. The van der Waals surface area contributed by atoms with E-state index < -0.39 is 5.97 Å². The molecule has 1 aliphatic rings. The highest BCUT2D eigenvalue weighted by molar-refractivity contribution is 7.80. The number of hydrogen-bond donors (Lipinski definition) is 0. The van der Waals surface area contributed by atoms with Crippen molar-refractivity contribution < 1.29 is 14.3 Å². The third-order valence-electron chi connectivity index (χ3n) is 3.83. The number of nitrogens with zero attached hydrogens (tertiary/aromatic N) is 1. The van der Waals surface area contributed by atoms with Gasteiger partial charge in [0.05, 0.1) is 13.2 Å². The first-order chi connectivity index (χ1) is 12.2. The summed E-state index contributed by atoms with van der Waals surface area (Å²) in [5.74, 6) is 0.0867. The Hall–Kier alpha value is -2.50. The van der Waals surface area contributed by atoms with Gasteiger partial charge in [-0.1, -0.05) is 42.5 Å². The molecule has 0 aromatic heterocycles. The second kappa shape index (κ2) is 8.55. The standard InChI is InChI=1S/C20H19NO3S/c22-19(11-6-16-4-2-1-3-5-16)24-18-9-7-17(8-10-18)20(25)21-12-14-23-15-13-21/h1-11H,12-15H2/b11-6+. The second-order valence-corrected chi connectivity index (χ2v) is 5.98. The summed E-state index contributed by atoms with van der Waals surface area (Å²) in [4.78, 5) is 14.8. The molecule has 1 heterocycles. The van der Waals surface area contributed by atoms with Crippen molar-refractivity contribution in [3.05, 3.63) is 71.8 Å².